The number of aromatic nitrogens is 2. The van der Waals surface area contributed by atoms with Crippen LogP contribution in [0.4, 0.5) is 13.2 Å². The van der Waals surface area contributed by atoms with Crippen LogP contribution in [0.15, 0.2) is 40.9 Å². The molecule has 114 valence electrons. The van der Waals surface area contributed by atoms with Gasteiger partial charge in [-0.2, -0.15) is 13.2 Å². The number of H-pyrrole nitrogens is 1. The van der Waals surface area contributed by atoms with E-state index < -0.39 is 11.7 Å². The van der Waals surface area contributed by atoms with Crippen molar-refractivity contribution in [1.29, 1.82) is 0 Å². The van der Waals surface area contributed by atoms with Gasteiger partial charge in [-0.15, -0.1) is 0 Å². The van der Waals surface area contributed by atoms with Crippen LogP contribution in [0.25, 0.3) is 22.4 Å². The fourth-order valence-electron chi connectivity index (χ4n) is 2.13. The van der Waals surface area contributed by atoms with E-state index >= 15 is 0 Å². The molecule has 0 saturated carbocycles. The first-order chi connectivity index (χ1) is 10.4. The fourth-order valence-corrected chi connectivity index (χ4v) is 2.69. The third-order valence-electron chi connectivity index (χ3n) is 3.24. The topological polar surface area (TPSA) is 37.9 Å². The number of hydrogen-bond acceptors (Lipinski definition) is 2. The van der Waals surface area contributed by atoms with Gasteiger partial charge in [-0.05, 0) is 30.3 Å². The molecule has 0 atom stereocenters. The molecule has 0 radical (unpaired) electrons. The summed E-state index contributed by atoms with van der Waals surface area (Å²) in [6.07, 6.45) is -4.37. The first-order valence-electron chi connectivity index (χ1n) is 6.29. The molecule has 0 fully saturated rings. The first-order valence-corrected chi connectivity index (χ1v) is 7.08. The van der Waals surface area contributed by atoms with E-state index in [1.165, 1.54) is 6.07 Å². The Morgan fingerprint density at radius 3 is 2.55 bits per heavy atom. The lowest BCUT2D eigenvalue weighted by Gasteiger charge is -2.08. The Morgan fingerprint density at radius 2 is 1.91 bits per heavy atom. The van der Waals surface area contributed by atoms with Gasteiger partial charge >= 0.3 is 6.18 Å². The second-order valence-electron chi connectivity index (χ2n) is 4.66. The van der Waals surface area contributed by atoms with E-state index in [9.17, 15) is 13.2 Å². The SMILES string of the molecule is COc1ccc2nc(-c3ccc(C(F)(F)F)cc3Br)[nH]c2c1. The molecule has 1 aromatic heterocycles. The van der Waals surface area contributed by atoms with Crippen molar-refractivity contribution >= 4 is 27.0 Å². The van der Waals surface area contributed by atoms with Crippen molar-refractivity contribution in [2.24, 2.45) is 0 Å². The van der Waals surface area contributed by atoms with E-state index in [-0.39, 0.29) is 0 Å². The Bertz CT molecular complexity index is 842. The lowest BCUT2D eigenvalue weighted by Crippen LogP contribution is -2.04. The maximum absolute atomic E-state index is 12.7. The Morgan fingerprint density at radius 1 is 1.14 bits per heavy atom. The van der Waals surface area contributed by atoms with Gasteiger partial charge in [-0.25, -0.2) is 4.98 Å². The van der Waals surface area contributed by atoms with Crippen LogP contribution in [0.3, 0.4) is 0 Å². The maximum Gasteiger partial charge on any atom is 0.416 e. The van der Waals surface area contributed by atoms with Crippen LogP contribution in [0.5, 0.6) is 5.75 Å². The minimum Gasteiger partial charge on any atom is -0.497 e. The summed E-state index contributed by atoms with van der Waals surface area (Å²) in [4.78, 5) is 7.47. The van der Waals surface area contributed by atoms with Crippen molar-refractivity contribution < 1.29 is 17.9 Å². The number of rotatable bonds is 2. The molecule has 0 aliphatic carbocycles. The van der Waals surface area contributed by atoms with Crippen LogP contribution in [-0.2, 0) is 6.18 Å². The molecule has 0 unspecified atom stereocenters. The third kappa shape index (κ3) is 2.68. The number of methoxy groups -OCH3 is 1. The molecule has 3 aromatic rings. The molecular weight excluding hydrogens is 361 g/mol. The number of hydrogen-bond donors (Lipinski definition) is 1. The summed E-state index contributed by atoms with van der Waals surface area (Å²) in [6.45, 7) is 0. The predicted octanol–water partition coefficient (Wildman–Crippen LogP) is 5.02. The van der Waals surface area contributed by atoms with E-state index in [0.29, 0.717) is 27.1 Å². The maximum atomic E-state index is 12.7. The van der Waals surface area contributed by atoms with Gasteiger partial charge in [0.1, 0.15) is 11.6 Å². The molecule has 0 bridgehead atoms. The molecule has 0 saturated heterocycles. The van der Waals surface area contributed by atoms with Crippen LogP contribution in [0.2, 0.25) is 0 Å². The minimum absolute atomic E-state index is 0.327. The van der Waals surface area contributed by atoms with Crippen LogP contribution in [0.1, 0.15) is 5.56 Å². The van der Waals surface area contributed by atoms with Crippen molar-refractivity contribution in [2.45, 2.75) is 6.18 Å². The second-order valence-corrected chi connectivity index (χ2v) is 5.52. The molecule has 7 heteroatoms. The number of imidazole rings is 1. The minimum atomic E-state index is -4.37. The summed E-state index contributed by atoms with van der Waals surface area (Å²) in [5, 5.41) is 0. The summed E-state index contributed by atoms with van der Waals surface area (Å²) in [6, 6.07) is 8.81. The highest BCUT2D eigenvalue weighted by Gasteiger charge is 2.31. The van der Waals surface area contributed by atoms with Gasteiger partial charge in [0, 0.05) is 16.1 Å². The standard InChI is InChI=1S/C15H10BrF3N2O/c1-22-9-3-5-12-13(7-9)21-14(20-12)10-4-2-8(6-11(10)16)15(17,18)19/h2-7H,1H3,(H,20,21). The molecule has 1 N–H and O–H groups in total. The van der Waals surface area contributed by atoms with Gasteiger partial charge in [-0.1, -0.05) is 15.9 Å². The van der Waals surface area contributed by atoms with E-state index in [1.807, 2.05) is 0 Å². The number of nitrogens with one attached hydrogen (secondary N) is 1. The molecule has 0 spiro atoms. The number of alkyl halides is 3. The Hall–Kier alpha value is -2.02. The number of fused-ring (bicyclic) bond motifs is 1. The van der Waals surface area contributed by atoms with Gasteiger partial charge in [-0.3, -0.25) is 0 Å². The number of aromatic amines is 1. The van der Waals surface area contributed by atoms with Crippen LogP contribution in [-0.4, -0.2) is 17.1 Å². The van der Waals surface area contributed by atoms with E-state index in [2.05, 4.69) is 25.9 Å². The predicted molar refractivity (Wildman–Crippen MR) is 80.8 cm³/mol. The number of benzene rings is 2. The molecule has 3 rings (SSSR count). The number of nitrogens with zero attached hydrogens (tertiary/aromatic N) is 1. The smallest absolute Gasteiger partial charge is 0.416 e. The van der Waals surface area contributed by atoms with Crippen molar-refractivity contribution in [3.8, 4) is 17.1 Å². The number of halogens is 4. The van der Waals surface area contributed by atoms with Crippen LogP contribution < -0.4 is 4.74 Å². The summed E-state index contributed by atoms with van der Waals surface area (Å²) in [5.41, 5.74) is 1.31. The summed E-state index contributed by atoms with van der Waals surface area (Å²) < 4.78 is 43.5. The average Bonchev–Trinajstić information content (AvgIpc) is 2.88. The Labute approximate surface area is 132 Å². The number of ether oxygens (including phenoxy) is 1. The monoisotopic (exact) mass is 370 g/mol. The highest BCUT2D eigenvalue weighted by molar-refractivity contribution is 9.10. The lowest BCUT2D eigenvalue weighted by atomic mass is 10.1. The Kier molecular flexibility index (Phi) is 3.60. The van der Waals surface area contributed by atoms with Crippen LogP contribution in [0, 0.1) is 0 Å². The van der Waals surface area contributed by atoms with E-state index in [4.69, 9.17) is 4.74 Å². The largest absolute Gasteiger partial charge is 0.497 e. The molecule has 3 nitrogen and oxygen atoms in total. The Balaban J connectivity index is 2.07. The molecule has 1 heterocycles. The highest BCUT2D eigenvalue weighted by atomic mass is 79.9. The van der Waals surface area contributed by atoms with E-state index in [0.717, 1.165) is 17.6 Å². The molecular formula is C15H10BrF3N2O. The van der Waals surface area contributed by atoms with Gasteiger partial charge in [0.05, 0.1) is 23.7 Å². The molecule has 0 amide bonds. The average molecular weight is 371 g/mol. The summed E-state index contributed by atoms with van der Waals surface area (Å²) in [7, 11) is 1.56. The van der Waals surface area contributed by atoms with Crippen molar-refractivity contribution in [1.82, 2.24) is 9.97 Å². The molecule has 22 heavy (non-hydrogen) atoms. The summed E-state index contributed by atoms with van der Waals surface area (Å²) >= 11 is 3.18. The zero-order chi connectivity index (χ0) is 15.9. The van der Waals surface area contributed by atoms with Gasteiger partial charge < -0.3 is 9.72 Å². The van der Waals surface area contributed by atoms with Crippen LogP contribution >= 0.6 is 15.9 Å². The normalized spacial score (nSPS) is 11.9. The van der Waals surface area contributed by atoms with Crippen molar-refractivity contribution in [2.75, 3.05) is 7.11 Å². The zero-order valence-corrected chi connectivity index (χ0v) is 12.9. The summed E-state index contributed by atoms with van der Waals surface area (Å²) in [5.74, 6) is 1.16. The third-order valence-corrected chi connectivity index (χ3v) is 3.90. The highest BCUT2D eigenvalue weighted by Crippen LogP contribution is 2.35. The second kappa shape index (κ2) is 5.31. The van der Waals surface area contributed by atoms with Gasteiger partial charge in [0.15, 0.2) is 0 Å². The van der Waals surface area contributed by atoms with Gasteiger partial charge in [0.2, 0.25) is 0 Å². The molecule has 0 aliphatic heterocycles. The first kappa shape index (κ1) is 14.9. The van der Waals surface area contributed by atoms with Gasteiger partial charge in [0.25, 0.3) is 0 Å². The fraction of sp³-hybridized carbons (Fsp3) is 0.133. The van der Waals surface area contributed by atoms with Crippen molar-refractivity contribution in [3.63, 3.8) is 0 Å². The molecule has 2 aromatic carbocycles. The zero-order valence-electron chi connectivity index (χ0n) is 11.3. The van der Waals surface area contributed by atoms with E-state index in [1.54, 1.807) is 25.3 Å². The quantitative estimate of drug-likeness (QED) is 0.687. The molecule has 0 aliphatic rings. The van der Waals surface area contributed by atoms with Crippen molar-refractivity contribution in [3.05, 3.63) is 46.4 Å². The lowest BCUT2D eigenvalue weighted by molar-refractivity contribution is -0.137.